The van der Waals surface area contributed by atoms with Gasteiger partial charge in [0.25, 0.3) is 0 Å². The molecule has 2 atom stereocenters. The van der Waals surface area contributed by atoms with E-state index in [1.807, 2.05) is 0 Å². The van der Waals surface area contributed by atoms with Crippen molar-refractivity contribution >= 4 is 27.3 Å². The zero-order valence-corrected chi connectivity index (χ0v) is 11.8. The summed E-state index contributed by atoms with van der Waals surface area (Å²) < 4.78 is 6.90. The number of hydrogen-bond acceptors (Lipinski definition) is 4. The van der Waals surface area contributed by atoms with Crippen molar-refractivity contribution in [3.63, 3.8) is 0 Å². The van der Waals surface area contributed by atoms with Crippen LogP contribution >= 0.6 is 27.3 Å². The molecule has 2 unspecified atom stereocenters. The average Bonchev–Trinajstić information content (AvgIpc) is 2.74. The molecule has 1 fully saturated rings. The van der Waals surface area contributed by atoms with Gasteiger partial charge in [0.05, 0.1) is 18.8 Å². The van der Waals surface area contributed by atoms with E-state index in [0.29, 0.717) is 12.6 Å². The van der Waals surface area contributed by atoms with Crippen molar-refractivity contribution in [3.8, 4) is 0 Å². The minimum absolute atomic E-state index is 0.124. The zero-order valence-electron chi connectivity index (χ0n) is 9.36. The summed E-state index contributed by atoms with van der Waals surface area (Å²) in [6.45, 7) is 5.59. The largest absolute Gasteiger partial charge is 0.374 e. The molecule has 0 aromatic carbocycles. The Hall–Kier alpha value is 0.0600. The molecule has 0 amide bonds. The van der Waals surface area contributed by atoms with Crippen LogP contribution in [0.1, 0.15) is 17.8 Å². The van der Waals surface area contributed by atoms with Crippen LogP contribution < -0.4 is 5.73 Å². The van der Waals surface area contributed by atoms with Gasteiger partial charge in [0.2, 0.25) is 0 Å². The second-order valence-corrected chi connectivity index (χ2v) is 5.74. The second-order valence-electron chi connectivity index (χ2n) is 3.89. The minimum Gasteiger partial charge on any atom is -0.374 e. The number of morpholine rings is 1. The minimum atomic E-state index is 0.124. The highest BCUT2D eigenvalue weighted by Gasteiger charge is 2.32. The highest BCUT2D eigenvalue weighted by molar-refractivity contribution is 9.10. The topological polar surface area (TPSA) is 38.5 Å². The molecule has 90 valence electrons. The van der Waals surface area contributed by atoms with Gasteiger partial charge in [0.15, 0.2) is 0 Å². The van der Waals surface area contributed by atoms with Crippen LogP contribution in [0.25, 0.3) is 0 Å². The third kappa shape index (κ3) is 2.49. The van der Waals surface area contributed by atoms with Crippen molar-refractivity contribution in [2.75, 3.05) is 26.2 Å². The molecule has 1 saturated heterocycles. The zero-order chi connectivity index (χ0) is 11.5. The fraction of sp³-hybridized carbons (Fsp3) is 0.636. The van der Waals surface area contributed by atoms with Crippen LogP contribution in [0.4, 0.5) is 0 Å². The number of thiophene rings is 1. The molecule has 0 spiro atoms. The fourth-order valence-electron chi connectivity index (χ4n) is 2.18. The molecule has 1 aromatic rings. The van der Waals surface area contributed by atoms with Crippen LogP contribution in [0.15, 0.2) is 15.9 Å². The molecule has 0 saturated carbocycles. The lowest BCUT2D eigenvalue weighted by molar-refractivity contribution is -0.0646. The summed E-state index contributed by atoms with van der Waals surface area (Å²) in [6.07, 6.45) is 0.124. The maximum absolute atomic E-state index is 5.80. The molecule has 1 aliphatic heterocycles. The van der Waals surface area contributed by atoms with Crippen molar-refractivity contribution in [3.05, 3.63) is 20.8 Å². The van der Waals surface area contributed by atoms with E-state index in [4.69, 9.17) is 10.5 Å². The van der Waals surface area contributed by atoms with Crippen LogP contribution in [0, 0.1) is 0 Å². The number of hydrogen-bond donors (Lipinski definition) is 1. The maximum atomic E-state index is 5.80. The van der Waals surface area contributed by atoms with Gasteiger partial charge in [-0.15, -0.1) is 11.3 Å². The second kappa shape index (κ2) is 5.60. The third-order valence-corrected chi connectivity index (χ3v) is 4.74. The van der Waals surface area contributed by atoms with Crippen molar-refractivity contribution in [1.82, 2.24) is 4.90 Å². The molecule has 1 aliphatic rings. The molecular weight excluding hydrogens is 288 g/mol. The Labute approximate surface area is 109 Å². The predicted molar refractivity (Wildman–Crippen MR) is 70.8 cm³/mol. The van der Waals surface area contributed by atoms with Gasteiger partial charge in [-0.1, -0.05) is 6.92 Å². The van der Waals surface area contributed by atoms with Crippen LogP contribution in [-0.2, 0) is 4.74 Å². The van der Waals surface area contributed by atoms with Gasteiger partial charge < -0.3 is 10.5 Å². The van der Waals surface area contributed by atoms with Crippen LogP contribution in [-0.4, -0.2) is 37.2 Å². The highest BCUT2D eigenvalue weighted by Crippen LogP contribution is 2.34. The Morgan fingerprint density at radius 3 is 3.06 bits per heavy atom. The molecule has 0 aliphatic carbocycles. The molecule has 5 heteroatoms. The molecule has 3 nitrogen and oxygen atoms in total. The molecular formula is C11H17BrN2OS. The van der Waals surface area contributed by atoms with E-state index in [2.05, 4.69) is 39.2 Å². The number of nitrogens with two attached hydrogens (primary N) is 1. The molecule has 2 rings (SSSR count). The number of rotatable bonds is 3. The molecule has 2 N–H and O–H groups in total. The van der Waals surface area contributed by atoms with Gasteiger partial charge in [0, 0.05) is 27.8 Å². The fourth-order valence-corrected chi connectivity index (χ4v) is 3.82. The Morgan fingerprint density at radius 2 is 2.50 bits per heavy atom. The van der Waals surface area contributed by atoms with E-state index < -0.39 is 0 Å². The van der Waals surface area contributed by atoms with Gasteiger partial charge >= 0.3 is 0 Å². The normalized spacial score (nSPS) is 27.2. The number of ether oxygens (including phenoxy) is 1. The van der Waals surface area contributed by atoms with Crippen molar-refractivity contribution in [2.45, 2.75) is 19.1 Å². The van der Waals surface area contributed by atoms with Crippen LogP contribution in [0.2, 0.25) is 0 Å². The van der Waals surface area contributed by atoms with Crippen molar-refractivity contribution < 1.29 is 4.74 Å². The summed E-state index contributed by atoms with van der Waals surface area (Å²) >= 11 is 5.27. The lowest BCUT2D eigenvalue weighted by Gasteiger charge is -2.39. The van der Waals surface area contributed by atoms with Crippen molar-refractivity contribution in [2.24, 2.45) is 5.73 Å². The third-order valence-electron chi connectivity index (χ3n) is 2.97. The van der Waals surface area contributed by atoms with E-state index in [9.17, 15) is 0 Å². The van der Waals surface area contributed by atoms with Gasteiger partial charge in [-0.05, 0) is 28.5 Å². The van der Waals surface area contributed by atoms with Gasteiger partial charge in [-0.25, -0.2) is 0 Å². The van der Waals surface area contributed by atoms with Crippen molar-refractivity contribution in [1.29, 1.82) is 0 Å². The molecule has 1 aromatic heterocycles. The number of nitrogens with zero attached hydrogens (tertiary/aromatic N) is 1. The smallest absolute Gasteiger partial charge is 0.0902 e. The first-order valence-electron chi connectivity index (χ1n) is 5.56. The molecule has 2 heterocycles. The maximum Gasteiger partial charge on any atom is 0.0902 e. The summed E-state index contributed by atoms with van der Waals surface area (Å²) in [4.78, 5) is 3.78. The lowest BCUT2D eigenvalue weighted by atomic mass is 10.1. The molecule has 16 heavy (non-hydrogen) atoms. The van der Waals surface area contributed by atoms with E-state index in [0.717, 1.165) is 24.2 Å². The molecule has 0 radical (unpaired) electrons. The Kier molecular flexibility index (Phi) is 4.38. The predicted octanol–water partition coefficient (Wildman–Crippen LogP) is 2.23. The summed E-state index contributed by atoms with van der Waals surface area (Å²) in [7, 11) is 0. The lowest BCUT2D eigenvalue weighted by Crippen LogP contribution is -2.47. The first kappa shape index (κ1) is 12.5. The Bertz CT molecular complexity index is 332. The van der Waals surface area contributed by atoms with E-state index in [-0.39, 0.29) is 6.10 Å². The Morgan fingerprint density at radius 1 is 1.69 bits per heavy atom. The summed E-state index contributed by atoms with van der Waals surface area (Å²) in [5, 5.41) is 2.12. The SMILES string of the molecule is CCN1CCOC(CN)C1c1cc(Br)cs1. The van der Waals surface area contributed by atoms with E-state index >= 15 is 0 Å². The number of likely N-dealkylation sites (N-methyl/N-ethyl adjacent to an activating group) is 1. The number of halogens is 1. The van der Waals surface area contributed by atoms with Gasteiger partial charge in [-0.2, -0.15) is 0 Å². The Balaban J connectivity index is 2.24. The van der Waals surface area contributed by atoms with E-state index in [1.54, 1.807) is 11.3 Å². The highest BCUT2D eigenvalue weighted by atomic mass is 79.9. The molecule has 0 bridgehead atoms. The first-order valence-corrected chi connectivity index (χ1v) is 7.23. The van der Waals surface area contributed by atoms with Crippen LogP contribution in [0.5, 0.6) is 0 Å². The average molecular weight is 305 g/mol. The summed E-state index contributed by atoms with van der Waals surface area (Å²) in [6, 6.07) is 2.50. The summed E-state index contributed by atoms with van der Waals surface area (Å²) in [5.41, 5.74) is 5.80. The van der Waals surface area contributed by atoms with Gasteiger partial charge in [0.1, 0.15) is 0 Å². The standard InChI is InChI=1S/C11H17BrN2OS/c1-2-14-3-4-15-9(6-13)11(14)10-5-8(12)7-16-10/h5,7,9,11H,2-4,6,13H2,1H3. The van der Waals surface area contributed by atoms with Crippen LogP contribution in [0.3, 0.4) is 0 Å². The first-order chi connectivity index (χ1) is 7.76. The van der Waals surface area contributed by atoms with E-state index in [1.165, 1.54) is 4.88 Å². The quantitative estimate of drug-likeness (QED) is 0.931. The summed E-state index contributed by atoms with van der Waals surface area (Å²) in [5.74, 6) is 0. The van der Waals surface area contributed by atoms with Gasteiger partial charge in [-0.3, -0.25) is 4.90 Å². The monoisotopic (exact) mass is 304 g/mol.